The molecule has 0 aromatic heterocycles. The normalized spacial score (nSPS) is 13.6. The van der Waals surface area contributed by atoms with Crippen LogP contribution < -0.4 is 0 Å². The molecule has 0 aliphatic heterocycles. The van der Waals surface area contributed by atoms with Crippen molar-refractivity contribution in [3.8, 4) is 0 Å². The van der Waals surface area contributed by atoms with Gasteiger partial charge in [0.05, 0.1) is 0 Å². The van der Waals surface area contributed by atoms with E-state index >= 15 is 0 Å². The Morgan fingerprint density at radius 2 is 1.80 bits per heavy atom. The van der Waals surface area contributed by atoms with E-state index in [4.69, 9.17) is 21.8 Å². The van der Waals surface area contributed by atoms with Gasteiger partial charge in [0.2, 0.25) is 6.10 Å². The molecule has 0 bridgehead atoms. The topological polar surface area (TPSA) is 57.5 Å². The number of aliphatic carboxylic acids is 1. The number of carbonyl (C=O) groups is 1. The number of carboxylic acids is 1. The second-order valence-corrected chi connectivity index (χ2v) is 3.31. The van der Waals surface area contributed by atoms with Gasteiger partial charge in [-0.25, -0.2) is 4.79 Å². The summed E-state index contributed by atoms with van der Waals surface area (Å²) in [5.41, 5.74) is -0.596. The molecular formula is C9H7ClF2O3. The molecule has 0 aliphatic rings. The van der Waals surface area contributed by atoms with Gasteiger partial charge in [0.25, 0.3) is 0 Å². The highest BCUT2D eigenvalue weighted by atomic mass is 35.5. The van der Waals surface area contributed by atoms with E-state index in [0.29, 0.717) is 0 Å². The molecule has 1 rings (SSSR count). The first kappa shape index (κ1) is 11.9. The molecule has 1 atom stereocenters. The molecular weight excluding hydrogens is 230 g/mol. The van der Waals surface area contributed by atoms with Crippen molar-refractivity contribution in [2.45, 2.75) is 12.0 Å². The summed E-state index contributed by atoms with van der Waals surface area (Å²) in [6.45, 7) is 0. The van der Waals surface area contributed by atoms with Crippen LogP contribution in [0.4, 0.5) is 8.78 Å². The first-order valence-electron chi connectivity index (χ1n) is 3.90. The molecule has 0 radical (unpaired) electrons. The number of aliphatic hydroxyl groups is 1. The van der Waals surface area contributed by atoms with Gasteiger partial charge in [-0.1, -0.05) is 23.7 Å². The number of carboxylic acid groups (broad SMARTS) is 1. The van der Waals surface area contributed by atoms with E-state index < -0.39 is 23.6 Å². The van der Waals surface area contributed by atoms with E-state index in [1.165, 1.54) is 12.1 Å². The second-order valence-electron chi connectivity index (χ2n) is 2.87. The highest BCUT2D eigenvalue weighted by Gasteiger charge is 2.45. The van der Waals surface area contributed by atoms with E-state index in [2.05, 4.69) is 0 Å². The number of halogens is 3. The van der Waals surface area contributed by atoms with Gasteiger partial charge in [-0.15, -0.1) is 0 Å². The molecule has 0 fully saturated rings. The zero-order valence-corrected chi connectivity index (χ0v) is 8.08. The smallest absolute Gasteiger partial charge is 0.339 e. The van der Waals surface area contributed by atoms with Crippen molar-refractivity contribution in [3.63, 3.8) is 0 Å². The van der Waals surface area contributed by atoms with E-state index in [1.807, 2.05) is 0 Å². The molecule has 82 valence electrons. The molecule has 15 heavy (non-hydrogen) atoms. The minimum Gasteiger partial charge on any atom is -0.479 e. The molecule has 1 aromatic carbocycles. The first-order valence-corrected chi connectivity index (χ1v) is 4.28. The van der Waals surface area contributed by atoms with Crippen LogP contribution in [0.5, 0.6) is 0 Å². The van der Waals surface area contributed by atoms with Crippen molar-refractivity contribution in [3.05, 3.63) is 34.9 Å². The van der Waals surface area contributed by atoms with Gasteiger partial charge in [-0.05, 0) is 12.1 Å². The van der Waals surface area contributed by atoms with Crippen LogP contribution in [0.2, 0.25) is 5.02 Å². The molecule has 0 aliphatic carbocycles. The molecule has 3 nitrogen and oxygen atoms in total. The highest BCUT2D eigenvalue weighted by Crippen LogP contribution is 2.32. The lowest BCUT2D eigenvalue weighted by Gasteiger charge is -2.19. The summed E-state index contributed by atoms with van der Waals surface area (Å²) >= 11 is 5.48. The largest absolute Gasteiger partial charge is 0.479 e. The molecule has 6 heteroatoms. The summed E-state index contributed by atoms with van der Waals surface area (Å²) in [7, 11) is 0. The van der Waals surface area contributed by atoms with Crippen molar-refractivity contribution in [2.75, 3.05) is 0 Å². The van der Waals surface area contributed by atoms with Gasteiger partial charge < -0.3 is 10.2 Å². The van der Waals surface area contributed by atoms with Crippen LogP contribution in [0.1, 0.15) is 5.56 Å². The summed E-state index contributed by atoms with van der Waals surface area (Å²) in [4.78, 5) is 10.2. The Hall–Kier alpha value is -1.20. The number of aliphatic hydroxyl groups excluding tert-OH is 1. The first-order chi connectivity index (χ1) is 6.85. The van der Waals surface area contributed by atoms with E-state index in [0.717, 1.165) is 12.1 Å². The van der Waals surface area contributed by atoms with Crippen molar-refractivity contribution in [2.24, 2.45) is 0 Å². The van der Waals surface area contributed by atoms with Gasteiger partial charge in [0.15, 0.2) is 0 Å². The average molecular weight is 237 g/mol. The van der Waals surface area contributed by atoms with Crippen LogP contribution in [-0.4, -0.2) is 22.3 Å². The lowest BCUT2D eigenvalue weighted by Crippen LogP contribution is -2.37. The fraction of sp³-hybridized carbons (Fsp3) is 0.222. The monoisotopic (exact) mass is 236 g/mol. The van der Waals surface area contributed by atoms with Crippen LogP contribution >= 0.6 is 11.6 Å². The predicted molar refractivity (Wildman–Crippen MR) is 49.0 cm³/mol. The SMILES string of the molecule is O=C(O)[C@H](O)C(F)(F)c1ccc(Cl)cc1. The van der Waals surface area contributed by atoms with Gasteiger partial charge in [0, 0.05) is 10.6 Å². The zero-order valence-electron chi connectivity index (χ0n) is 7.32. The Bertz CT molecular complexity index is 364. The Labute approximate surface area is 88.9 Å². The lowest BCUT2D eigenvalue weighted by atomic mass is 10.0. The molecule has 0 unspecified atom stereocenters. The third-order valence-corrected chi connectivity index (χ3v) is 2.06. The predicted octanol–water partition coefficient (Wildman–Crippen LogP) is 1.88. The number of rotatable bonds is 3. The third kappa shape index (κ3) is 2.43. The van der Waals surface area contributed by atoms with Gasteiger partial charge in [-0.3, -0.25) is 0 Å². The summed E-state index contributed by atoms with van der Waals surface area (Å²) in [6.07, 6.45) is -2.77. The number of benzene rings is 1. The maximum Gasteiger partial charge on any atom is 0.339 e. The molecule has 2 N–H and O–H groups in total. The van der Waals surface area contributed by atoms with Crippen LogP contribution in [0.15, 0.2) is 24.3 Å². The van der Waals surface area contributed by atoms with E-state index in [9.17, 15) is 13.6 Å². The Kier molecular flexibility index (Phi) is 3.26. The van der Waals surface area contributed by atoms with Crippen molar-refractivity contribution < 1.29 is 23.8 Å². The molecule has 0 saturated heterocycles. The fourth-order valence-corrected chi connectivity index (χ4v) is 1.11. The second kappa shape index (κ2) is 4.12. The van der Waals surface area contributed by atoms with E-state index in [1.54, 1.807) is 0 Å². The number of hydrogen-bond acceptors (Lipinski definition) is 2. The third-order valence-electron chi connectivity index (χ3n) is 1.81. The molecule has 0 heterocycles. The highest BCUT2D eigenvalue weighted by molar-refractivity contribution is 6.30. The molecule has 1 aromatic rings. The van der Waals surface area contributed by atoms with Crippen molar-refractivity contribution >= 4 is 17.6 Å². The quantitative estimate of drug-likeness (QED) is 0.843. The Morgan fingerprint density at radius 3 is 2.20 bits per heavy atom. The summed E-state index contributed by atoms with van der Waals surface area (Å²) < 4.78 is 26.5. The zero-order chi connectivity index (χ0) is 11.6. The van der Waals surface area contributed by atoms with Gasteiger partial charge in [-0.2, -0.15) is 8.78 Å². The minimum absolute atomic E-state index is 0.249. The van der Waals surface area contributed by atoms with Crippen LogP contribution in [0.3, 0.4) is 0 Å². The van der Waals surface area contributed by atoms with E-state index in [-0.39, 0.29) is 5.02 Å². The van der Waals surface area contributed by atoms with Crippen LogP contribution in [0.25, 0.3) is 0 Å². The standard InChI is InChI=1S/C9H7ClF2O3/c10-6-3-1-5(2-4-6)9(11,12)7(13)8(14)15/h1-4,7,13H,(H,14,15)/t7-/m0/s1. The lowest BCUT2D eigenvalue weighted by molar-refractivity contribution is -0.173. The molecule has 0 saturated carbocycles. The summed E-state index contributed by atoms with van der Waals surface area (Å²) in [5, 5.41) is 17.3. The van der Waals surface area contributed by atoms with Gasteiger partial charge in [0.1, 0.15) is 0 Å². The Morgan fingerprint density at radius 1 is 1.33 bits per heavy atom. The van der Waals surface area contributed by atoms with Crippen LogP contribution in [0, 0.1) is 0 Å². The fourth-order valence-electron chi connectivity index (χ4n) is 0.985. The molecule has 0 amide bonds. The average Bonchev–Trinajstić information content (AvgIpc) is 2.17. The summed E-state index contributed by atoms with van der Waals surface area (Å²) in [5.74, 6) is -5.81. The van der Waals surface area contributed by atoms with Crippen molar-refractivity contribution in [1.82, 2.24) is 0 Å². The van der Waals surface area contributed by atoms with Crippen LogP contribution in [-0.2, 0) is 10.7 Å². The maximum atomic E-state index is 13.3. The molecule has 0 spiro atoms. The Balaban J connectivity index is 3.05. The van der Waals surface area contributed by atoms with Gasteiger partial charge >= 0.3 is 11.9 Å². The minimum atomic E-state index is -3.84. The maximum absolute atomic E-state index is 13.3. The number of hydrogen-bond donors (Lipinski definition) is 2. The summed E-state index contributed by atoms with van der Waals surface area (Å²) in [6, 6.07) is 4.32. The van der Waals surface area contributed by atoms with Crippen molar-refractivity contribution in [1.29, 1.82) is 0 Å². The number of alkyl halides is 2.